The zero-order valence-electron chi connectivity index (χ0n) is 11.4. The van der Waals surface area contributed by atoms with Crippen molar-refractivity contribution in [2.24, 2.45) is 11.7 Å². The summed E-state index contributed by atoms with van der Waals surface area (Å²) in [6.07, 6.45) is 5.38. The van der Waals surface area contributed by atoms with Gasteiger partial charge in [-0.15, -0.1) is 0 Å². The molecule has 5 nitrogen and oxygen atoms in total. The monoisotopic (exact) mass is 276 g/mol. The van der Waals surface area contributed by atoms with Crippen molar-refractivity contribution < 1.29 is 14.3 Å². The maximum absolute atomic E-state index is 12.0. The Bertz CT molecular complexity index is 465. The molecule has 1 fully saturated rings. The van der Waals surface area contributed by atoms with Crippen molar-refractivity contribution in [3.8, 4) is 5.75 Å². The van der Waals surface area contributed by atoms with Gasteiger partial charge in [0.25, 0.3) is 5.91 Å². The number of benzene rings is 1. The summed E-state index contributed by atoms with van der Waals surface area (Å²) in [7, 11) is 0. The second kappa shape index (κ2) is 6.93. The van der Waals surface area contributed by atoms with Crippen LogP contribution >= 0.6 is 0 Å². The van der Waals surface area contributed by atoms with Gasteiger partial charge in [-0.2, -0.15) is 0 Å². The smallest absolute Gasteiger partial charge is 0.409 e. The number of hydrogen-bond acceptors (Lipinski definition) is 3. The summed E-state index contributed by atoms with van der Waals surface area (Å²) in [6, 6.07) is 6.35. The van der Waals surface area contributed by atoms with Crippen LogP contribution in [0.3, 0.4) is 0 Å². The molecule has 1 saturated carbocycles. The SMILES string of the molecule is NC(=O)Oc1ccc(C(=O)NCC2CCCCC2)cc1. The highest BCUT2D eigenvalue weighted by Gasteiger charge is 2.14. The summed E-state index contributed by atoms with van der Waals surface area (Å²) in [5.74, 6) is 0.840. The molecule has 0 spiro atoms. The average molecular weight is 276 g/mol. The molecule has 2 amide bonds. The van der Waals surface area contributed by atoms with E-state index in [9.17, 15) is 9.59 Å². The maximum atomic E-state index is 12.0. The molecule has 108 valence electrons. The fourth-order valence-electron chi connectivity index (χ4n) is 2.52. The fraction of sp³-hybridized carbons (Fsp3) is 0.467. The van der Waals surface area contributed by atoms with Gasteiger partial charge in [0.15, 0.2) is 0 Å². The summed E-state index contributed by atoms with van der Waals surface area (Å²) < 4.78 is 4.71. The van der Waals surface area contributed by atoms with Crippen LogP contribution in [0, 0.1) is 5.92 Å². The largest absolute Gasteiger partial charge is 0.411 e. The minimum absolute atomic E-state index is 0.0961. The van der Waals surface area contributed by atoms with E-state index in [2.05, 4.69) is 5.32 Å². The molecule has 3 N–H and O–H groups in total. The molecular formula is C15H20N2O3. The number of ether oxygens (including phenoxy) is 1. The first kappa shape index (κ1) is 14.4. The second-order valence-electron chi connectivity index (χ2n) is 5.16. The molecule has 0 aliphatic heterocycles. The lowest BCUT2D eigenvalue weighted by Crippen LogP contribution is -2.30. The number of rotatable bonds is 4. The van der Waals surface area contributed by atoms with Crippen LogP contribution in [0.15, 0.2) is 24.3 Å². The maximum Gasteiger partial charge on any atom is 0.409 e. The summed E-state index contributed by atoms with van der Waals surface area (Å²) in [5.41, 5.74) is 5.47. The summed E-state index contributed by atoms with van der Waals surface area (Å²) in [5, 5.41) is 2.96. The Kier molecular flexibility index (Phi) is 4.98. The van der Waals surface area contributed by atoms with Crippen LogP contribution in [0.25, 0.3) is 0 Å². The number of nitrogens with one attached hydrogen (secondary N) is 1. The summed E-state index contributed by atoms with van der Waals surface area (Å²) in [6.45, 7) is 0.734. The van der Waals surface area contributed by atoms with Gasteiger partial charge in [0.1, 0.15) is 5.75 Å². The summed E-state index contributed by atoms with van der Waals surface area (Å²) >= 11 is 0. The summed E-state index contributed by atoms with van der Waals surface area (Å²) in [4.78, 5) is 22.6. The topological polar surface area (TPSA) is 81.4 Å². The lowest BCUT2D eigenvalue weighted by atomic mass is 9.89. The standard InChI is InChI=1S/C15H20N2O3/c16-15(19)20-13-8-6-12(7-9-13)14(18)17-10-11-4-2-1-3-5-11/h6-9,11H,1-5,10H2,(H2,16,19)(H,17,18). The van der Waals surface area contributed by atoms with Crippen molar-refractivity contribution in [3.63, 3.8) is 0 Å². The minimum atomic E-state index is -0.862. The molecule has 0 aromatic heterocycles. The van der Waals surface area contributed by atoms with Crippen molar-refractivity contribution in [2.75, 3.05) is 6.54 Å². The first-order valence-electron chi connectivity index (χ1n) is 7.00. The van der Waals surface area contributed by atoms with Crippen molar-refractivity contribution in [3.05, 3.63) is 29.8 Å². The van der Waals surface area contributed by atoms with Crippen LogP contribution in [0.4, 0.5) is 4.79 Å². The molecular weight excluding hydrogens is 256 g/mol. The third kappa shape index (κ3) is 4.26. The van der Waals surface area contributed by atoms with E-state index in [0.717, 1.165) is 6.54 Å². The Balaban J connectivity index is 1.83. The number of primary amides is 1. The predicted molar refractivity (Wildman–Crippen MR) is 75.6 cm³/mol. The van der Waals surface area contributed by atoms with Crippen LogP contribution < -0.4 is 15.8 Å². The van der Waals surface area contributed by atoms with E-state index < -0.39 is 6.09 Å². The highest BCUT2D eigenvalue weighted by atomic mass is 16.5. The van der Waals surface area contributed by atoms with Crippen molar-refractivity contribution in [2.45, 2.75) is 32.1 Å². The molecule has 0 unspecified atom stereocenters. The van der Waals surface area contributed by atoms with Crippen molar-refractivity contribution in [1.82, 2.24) is 5.32 Å². The Hall–Kier alpha value is -2.04. The van der Waals surface area contributed by atoms with E-state index in [4.69, 9.17) is 10.5 Å². The van der Waals surface area contributed by atoms with Gasteiger partial charge >= 0.3 is 6.09 Å². The number of hydrogen-bond donors (Lipinski definition) is 2. The third-order valence-electron chi connectivity index (χ3n) is 3.61. The molecule has 0 saturated heterocycles. The fourth-order valence-corrected chi connectivity index (χ4v) is 2.52. The quantitative estimate of drug-likeness (QED) is 0.886. The van der Waals surface area contributed by atoms with Gasteiger partial charge in [-0.1, -0.05) is 19.3 Å². The van der Waals surface area contributed by atoms with Gasteiger partial charge in [-0.05, 0) is 43.0 Å². The molecule has 0 atom stereocenters. The van der Waals surface area contributed by atoms with E-state index in [1.807, 2.05) is 0 Å². The van der Waals surface area contributed by atoms with Gasteiger partial charge in [0, 0.05) is 12.1 Å². The van der Waals surface area contributed by atoms with Gasteiger partial charge in [-0.25, -0.2) is 4.79 Å². The van der Waals surface area contributed by atoms with Gasteiger partial charge < -0.3 is 15.8 Å². The lowest BCUT2D eigenvalue weighted by molar-refractivity contribution is 0.0943. The molecule has 1 aliphatic rings. The third-order valence-corrected chi connectivity index (χ3v) is 3.61. The van der Waals surface area contributed by atoms with Gasteiger partial charge in [0.2, 0.25) is 0 Å². The molecule has 1 aliphatic carbocycles. The Morgan fingerprint density at radius 2 is 1.80 bits per heavy atom. The number of amides is 2. The van der Waals surface area contributed by atoms with Gasteiger partial charge in [0.05, 0.1) is 0 Å². The molecule has 20 heavy (non-hydrogen) atoms. The van der Waals surface area contributed by atoms with Crippen LogP contribution in [0.5, 0.6) is 5.75 Å². The second-order valence-corrected chi connectivity index (χ2v) is 5.16. The number of carbonyl (C=O) groups is 2. The van der Waals surface area contributed by atoms with E-state index in [1.54, 1.807) is 24.3 Å². The molecule has 1 aromatic rings. The highest BCUT2D eigenvalue weighted by Crippen LogP contribution is 2.22. The molecule has 0 radical (unpaired) electrons. The minimum Gasteiger partial charge on any atom is -0.411 e. The van der Waals surface area contributed by atoms with Gasteiger partial charge in [-0.3, -0.25) is 4.79 Å². The first-order valence-corrected chi connectivity index (χ1v) is 7.00. The molecule has 0 heterocycles. The zero-order chi connectivity index (χ0) is 14.4. The van der Waals surface area contributed by atoms with Crippen LogP contribution in [0.2, 0.25) is 0 Å². The number of nitrogens with two attached hydrogens (primary N) is 1. The van der Waals surface area contributed by atoms with E-state index in [0.29, 0.717) is 17.2 Å². The van der Waals surface area contributed by atoms with E-state index >= 15 is 0 Å². The van der Waals surface area contributed by atoms with Crippen LogP contribution in [0.1, 0.15) is 42.5 Å². The first-order chi connectivity index (χ1) is 9.65. The number of carbonyl (C=O) groups excluding carboxylic acids is 2. The highest BCUT2D eigenvalue weighted by molar-refractivity contribution is 5.94. The average Bonchev–Trinajstić information content (AvgIpc) is 2.46. The Morgan fingerprint density at radius 3 is 2.40 bits per heavy atom. The van der Waals surface area contributed by atoms with E-state index in [-0.39, 0.29) is 5.91 Å². The molecule has 1 aromatic carbocycles. The van der Waals surface area contributed by atoms with Crippen molar-refractivity contribution >= 4 is 12.0 Å². The van der Waals surface area contributed by atoms with Crippen LogP contribution in [-0.4, -0.2) is 18.5 Å². The Labute approximate surface area is 118 Å². The van der Waals surface area contributed by atoms with E-state index in [1.165, 1.54) is 32.1 Å². The zero-order valence-corrected chi connectivity index (χ0v) is 11.4. The molecule has 2 rings (SSSR count). The normalized spacial score (nSPS) is 15.6. The Morgan fingerprint density at radius 1 is 1.15 bits per heavy atom. The lowest BCUT2D eigenvalue weighted by Gasteiger charge is -2.21. The van der Waals surface area contributed by atoms with Crippen LogP contribution in [-0.2, 0) is 0 Å². The predicted octanol–water partition coefficient (Wildman–Crippen LogP) is 2.45. The molecule has 5 heteroatoms. The molecule has 0 bridgehead atoms. The van der Waals surface area contributed by atoms with Crippen molar-refractivity contribution in [1.29, 1.82) is 0 Å².